The standard InChI is InChI=1S/C18H15NO5/c20-17(11-5-6-15-16(9-11)24-8-7-23-15)19-10-13(18(21)22)12-3-1-2-4-14(12)19/h1-6,9,13H,7-8,10H2,(H,21,22)/t13-/m1/s1. The van der Waals surface area contributed by atoms with E-state index < -0.39 is 11.9 Å². The number of rotatable bonds is 2. The zero-order valence-electron chi connectivity index (χ0n) is 12.8. The number of fused-ring (bicyclic) bond motifs is 2. The van der Waals surface area contributed by atoms with Gasteiger partial charge in [0.2, 0.25) is 0 Å². The normalized spacial score (nSPS) is 18.2. The smallest absolute Gasteiger partial charge is 0.312 e. The summed E-state index contributed by atoms with van der Waals surface area (Å²) in [5.41, 5.74) is 1.75. The van der Waals surface area contributed by atoms with Crippen LogP contribution < -0.4 is 14.4 Å². The first-order chi connectivity index (χ1) is 11.6. The molecule has 0 fully saturated rings. The lowest BCUT2D eigenvalue weighted by Crippen LogP contribution is -2.31. The van der Waals surface area contributed by atoms with Gasteiger partial charge in [-0.2, -0.15) is 0 Å². The van der Waals surface area contributed by atoms with Crippen LogP contribution >= 0.6 is 0 Å². The molecule has 0 saturated carbocycles. The van der Waals surface area contributed by atoms with Crippen LogP contribution in [0.15, 0.2) is 42.5 Å². The number of carbonyl (C=O) groups excluding carboxylic acids is 1. The van der Waals surface area contributed by atoms with Crippen LogP contribution in [0, 0.1) is 0 Å². The maximum Gasteiger partial charge on any atom is 0.312 e. The van der Waals surface area contributed by atoms with Crippen molar-refractivity contribution in [1.82, 2.24) is 0 Å². The summed E-state index contributed by atoms with van der Waals surface area (Å²) >= 11 is 0. The molecule has 24 heavy (non-hydrogen) atoms. The monoisotopic (exact) mass is 325 g/mol. The number of carbonyl (C=O) groups is 2. The van der Waals surface area contributed by atoms with Crippen molar-refractivity contribution >= 4 is 17.6 Å². The summed E-state index contributed by atoms with van der Waals surface area (Å²) in [5, 5.41) is 9.41. The van der Waals surface area contributed by atoms with Gasteiger partial charge in [0.1, 0.15) is 19.1 Å². The number of carboxylic acid groups (broad SMARTS) is 1. The Morgan fingerprint density at radius 3 is 2.58 bits per heavy atom. The number of hydrogen-bond donors (Lipinski definition) is 1. The van der Waals surface area contributed by atoms with Crippen molar-refractivity contribution in [3.8, 4) is 11.5 Å². The van der Waals surface area contributed by atoms with Gasteiger partial charge in [0.25, 0.3) is 5.91 Å². The van der Waals surface area contributed by atoms with Gasteiger partial charge in [0, 0.05) is 17.8 Å². The molecular weight excluding hydrogens is 310 g/mol. The molecule has 1 atom stereocenters. The number of hydrogen-bond acceptors (Lipinski definition) is 4. The second-order valence-corrected chi connectivity index (χ2v) is 5.72. The third-order valence-corrected chi connectivity index (χ3v) is 4.30. The van der Waals surface area contributed by atoms with Crippen molar-refractivity contribution < 1.29 is 24.2 Å². The van der Waals surface area contributed by atoms with Crippen LogP contribution in [0.5, 0.6) is 11.5 Å². The molecule has 1 N–H and O–H groups in total. The molecule has 0 radical (unpaired) electrons. The van der Waals surface area contributed by atoms with E-state index in [2.05, 4.69) is 0 Å². The maximum atomic E-state index is 12.9. The van der Waals surface area contributed by atoms with Crippen LogP contribution in [-0.2, 0) is 4.79 Å². The van der Waals surface area contributed by atoms with E-state index >= 15 is 0 Å². The number of para-hydroxylation sites is 1. The first-order valence-electron chi connectivity index (χ1n) is 7.68. The Morgan fingerprint density at radius 2 is 1.79 bits per heavy atom. The maximum absolute atomic E-state index is 12.9. The Balaban J connectivity index is 1.69. The number of aliphatic carboxylic acids is 1. The van der Waals surface area contributed by atoms with Crippen molar-refractivity contribution in [3.05, 3.63) is 53.6 Å². The molecule has 4 rings (SSSR count). The van der Waals surface area contributed by atoms with Crippen LogP contribution in [-0.4, -0.2) is 36.7 Å². The minimum Gasteiger partial charge on any atom is -0.486 e. The fraction of sp³-hybridized carbons (Fsp3) is 0.222. The molecule has 0 unspecified atom stereocenters. The first kappa shape index (κ1) is 14.6. The zero-order chi connectivity index (χ0) is 16.7. The van der Waals surface area contributed by atoms with Gasteiger partial charge in [-0.1, -0.05) is 18.2 Å². The Hall–Kier alpha value is -3.02. The molecule has 2 aromatic rings. The van der Waals surface area contributed by atoms with Crippen molar-refractivity contribution in [3.63, 3.8) is 0 Å². The number of ether oxygens (including phenoxy) is 2. The van der Waals surface area contributed by atoms with Crippen LogP contribution in [0.4, 0.5) is 5.69 Å². The minimum atomic E-state index is -0.931. The second-order valence-electron chi connectivity index (χ2n) is 5.72. The van der Waals surface area contributed by atoms with E-state index in [1.54, 1.807) is 42.5 Å². The van der Waals surface area contributed by atoms with Gasteiger partial charge in [-0.3, -0.25) is 9.59 Å². The molecule has 0 aliphatic carbocycles. The van der Waals surface area contributed by atoms with Crippen LogP contribution in [0.2, 0.25) is 0 Å². The van der Waals surface area contributed by atoms with E-state index in [0.717, 1.165) is 0 Å². The molecule has 0 spiro atoms. The number of carboxylic acids is 1. The van der Waals surface area contributed by atoms with Crippen molar-refractivity contribution in [2.75, 3.05) is 24.7 Å². The third kappa shape index (κ3) is 2.27. The lowest BCUT2D eigenvalue weighted by atomic mass is 10.0. The molecule has 2 aromatic carbocycles. The lowest BCUT2D eigenvalue weighted by molar-refractivity contribution is -0.138. The summed E-state index contributed by atoms with van der Waals surface area (Å²) in [7, 11) is 0. The van der Waals surface area contributed by atoms with Crippen molar-refractivity contribution in [1.29, 1.82) is 0 Å². The number of anilines is 1. The molecule has 2 heterocycles. The van der Waals surface area contributed by atoms with Crippen molar-refractivity contribution in [2.24, 2.45) is 0 Å². The lowest BCUT2D eigenvalue weighted by Gasteiger charge is -2.21. The highest BCUT2D eigenvalue weighted by Gasteiger charge is 2.36. The molecule has 2 aliphatic heterocycles. The quantitative estimate of drug-likeness (QED) is 0.917. The average molecular weight is 325 g/mol. The SMILES string of the molecule is O=C(O)[C@@H]1CN(C(=O)c2ccc3c(c2)OCCO3)c2ccccc21. The molecule has 0 saturated heterocycles. The fourth-order valence-corrected chi connectivity index (χ4v) is 3.14. The molecule has 2 aliphatic rings. The van der Waals surface area contributed by atoms with E-state index in [1.165, 1.54) is 4.90 Å². The molecule has 0 bridgehead atoms. The second kappa shape index (κ2) is 5.56. The molecule has 6 nitrogen and oxygen atoms in total. The predicted octanol–water partition coefficient (Wildman–Crippen LogP) is 2.29. The van der Waals surface area contributed by atoms with Gasteiger partial charge in [0.05, 0.1) is 0 Å². The largest absolute Gasteiger partial charge is 0.486 e. The molecular formula is C18H15NO5. The Kier molecular flexibility index (Phi) is 3.37. The van der Waals surface area contributed by atoms with E-state index in [9.17, 15) is 14.7 Å². The van der Waals surface area contributed by atoms with Crippen LogP contribution in [0.25, 0.3) is 0 Å². The van der Waals surface area contributed by atoms with Gasteiger partial charge in [-0.15, -0.1) is 0 Å². The van der Waals surface area contributed by atoms with Gasteiger partial charge in [0.15, 0.2) is 11.5 Å². The van der Waals surface area contributed by atoms with Gasteiger partial charge < -0.3 is 19.5 Å². The summed E-state index contributed by atoms with van der Waals surface area (Å²) in [6, 6.07) is 12.1. The van der Waals surface area contributed by atoms with E-state index in [0.29, 0.717) is 41.5 Å². The van der Waals surface area contributed by atoms with Crippen LogP contribution in [0.3, 0.4) is 0 Å². The Bertz CT molecular complexity index is 832. The number of nitrogens with zero attached hydrogens (tertiary/aromatic N) is 1. The van der Waals surface area contributed by atoms with Gasteiger partial charge in [-0.25, -0.2) is 0 Å². The molecule has 0 aromatic heterocycles. The van der Waals surface area contributed by atoms with E-state index in [4.69, 9.17) is 9.47 Å². The topological polar surface area (TPSA) is 76.1 Å². The molecule has 122 valence electrons. The van der Waals surface area contributed by atoms with Gasteiger partial charge >= 0.3 is 5.97 Å². The first-order valence-corrected chi connectivity index (χ1v) is 7.68. The van der Waals surface area contributed by atoms with E-state index in [1.807, 2.05) is 0 Å². The zero-order valence-corrected chi connectivity index (χ0v) is 12.8. The molecule has 1 amide bonds. The third-order valence-electron chi connectivity index (χ3n) is 4.30. The van der Waals surface area contributed by atoms with E-state index in [-0.39, 0.29) is 12.5 Å². The summed E-state index contributed by atoms with van der Waals surface area (Å²) in [6.45, 7) is 1.06. The van der Waals surface area contributed by atoms with Crippen molar-refractivity contribution in [2.45, 2.75) is 5.92 Å². The minimum absolute atomic E-state index is 0.127. The number of amides is 1. The Labute approximate surface area is 138 Å². The highest BCUT2D eigenvalue weighted by atomic mass is 16.6. The summed E-state index contributed by atoms with van der Waals surface area (Å²) in [6.07, 6.45) is 0. The van der Waals surface area contributed by atoms with Crippen LogP contribution in [0.1, 0.15) is 21.8 Å². The number of benzene rings is 2. The summed E-state index contributed by atoms with van der Waals surface area (Å²) in [5.74, 6) is -0.733. The average Bonchev–Trinajstić information content (AvgIpc) is 3.00. The fourth-order valence-electron chi connectivity index (χ4n) is 3.14. The Morgan fingerprint density at radius 1 is 1.04 bits per heavy atom. The predicted molar refractivity (Wildman–Crippen MR) is 85.9 cm³/mol. The highest BCUT2D eigenvalue weighted by molar-refractivity contribution is 6.09. The summed E-state index contributed by atoms with van der Waals surface area (Å²) < 4.78 is 11.0. The summed E-state index contributed by atoms with van der Waals surface area (Å²) in [4.78, 5) is 25.9. The molecule has 6 heteroatoms. The van der Waals surface area contributed by atoms with Gasteiger partial charge in [-0.05, 0) is 29.8 Å². The highest BCUT2D eigenvalue weighted by Crippen LogP contribution is 2.38.